The van der Waals surface area contributed by atoms with Crippen molar-refractivity contribution in [2.45, 2.75) is 95.6 Å². The molecule has 2 amide bonds. The number of nitrogens with one attached hydrogen (secondary N) is 2. The van der Waals surface area contributed by atoms with E-state index in [1.165, 1.54) is 0 Å². The SMILES string of the molecule is Nc1c(Cl)cc(C(=O)NC2CCN(CCCCCC(=O)NC3CCCN(CCCCCC(=O)O)C3)CC2)c2c1CCO2. The van der Waals surface area contributed by atoms with Crippen molar-refractivity contribution in [3.63, 3.8) is 0 Å². The first-order valence-electron chi connectivity index (χ1n) is 15.8. The third-order valence-corrected chi connectivity index (χ3v) is 9.06. The van der Waals surface area contributed by atoms with Crippen LogP contribution in [0.3, 0.4) is 0 Å². The van der Waals surface area contributed by atoms with Gasteiger partial charge in [0.2, 0.25) is 5.91 Å². The van der Waals surface area contributed by atoms with Crippen molar-refractivity contribution in [1.29, 1.82) is 0 Å². The van der Waals surface area contributed by atoms with E-state index in [0.717, 1.165) is 109 Å². The zero-order valence-electron chi connectivity index (χ0n) is 24.8. The summed E-state index contributed by atoms with van der Waals surface area (Å²) < 4.78 is 5.69. The molecule has 0 bridgehead atoms. The summed E-state index contributed by atoms with van der Waals surface area (Å²) in [6.07, 6.45) is 11.1. The number of halogens is 1. The van der Waals surface area contributed by atoms with E-state index in [1.54, 1.807) is 6.07 Å². The first-order valence-corrected chi connectivity index (χ1v) is 16.2. The van der Waals surface area contributed by atoms with E-state index in [-0.39, 0.29) is 30.3 Å². The quantitative estimate of drug-likeness (QED) is 0.175. The number of ether oxygens (including phenoxy) is 1. The molecule has 0 radical (unpaired) electrons. The number of nitrogens with two attached hydrogens (primary N) is 1. The number of amides is 2. The molecule has 3 heterocycles. The number of fused-ring (bicyclic) bond motifs is 1. The summed E-state index contributed by atoms with van der Waals surface area (Å²) >= 11 is 6.27. The lowest BCUT2D eigenvalue weighted by atomic mass is 10.0. The van der Waals surface area contributed by atoms with Crippen LogP contribution in [0.4, 0.5) is 5.69 Å². The molecule has 2 saturated heterocycles. The van der Waals surface area contributed by atoms with Crippen LogP contribution in [0.2, 0.25) is 5.02 Å². The molecule has 234 valence electrons. The van der Waals surface area contributed by atoms with Gasteiger partial charge in [0.1, 0.15) is 5.75 Å². The zero-order valence-corrected chi connectivity index (χ0v) is 25.6. The van der Waals surface area contributed by atoms with Crippen molar-refractivity contribution in [3.8, 4) is 5.75 Å². The van der Waals surface area contributed by atoms with Crippen LogP contribution in [0.5, 0.6) is 5.75 Å². The molecule has 5 N–H and O–H groups in total. The van der Waals surface area contributed by atoms with E-state index in [2.05, 4.69) is 20.4 Å². The molecule has 0 spiro atoms. The number of aliphatic carboxylic acids is 1. The van der Waals surface area contributed by atoms with E-state index in [1.807, 2.05) is 0 Å². The van der Waals surface area contributed by atoms with Gasteiger partial charge in [-0.2, -0.15) is 0 Å². The molecule has 1 aromatic carbocycles. The van der Waals surface area contributed by atoms with Crippen molar-refractivity contribution in [1.82, 2.24) is 20.4 Å². The number of carboxylic acids is 1. The average molecular weight is 606 g/mol. The molecule has 3 aliphatic rings. The smallest absolute Gasteiger partial charge is 0.303 e. The molecule has 0 aromatic heterocycles. The van der Waals surface area contributed by atoms with Gasteiger partial charge in [0.25, 0.3) is 5.91 Å². The van der Waals surface area contributed by atoms with Gasteiger partial charge < -0.3 is 36.0 Å². The van der Waals surface area contributed by atoms with Crippen molar-refractivity contribution < 1.29 is 24.2 Å². The van der Waals surface area contributed by atoms with Crippen LogP contribution in [-0.2, 0) is 16.0 Å². The predicted molar refractivity (Wildman–Crippen MR) is 164 cm³/mol. The number of carboxylic acid groups (broad SMARTS) is 1. The second-order valence-electron chi connectivity index (χ2n) is 12.0. The van der Waals surface area contributed by atoms with Gasteiger partial charge in [0.15, 0.2) is 0 Å². The molecule has 0 aliphatic carbocycles. The van der Waals surface area contributed by atoms with Crippen molar-refractivity contribution in [2.24, 2.45) is 0 Å². The Morgan fingerprint density at radius 3 is 2.38 bits per heavy atom. The Balaban J connectivity index is 1.04. The normalized spacial score (nSPS) is 19.7. The van der Waals surface area contributed by atoms with Crippen LogP contribution in [0, 0.1) is 0 Å². The van der Waals surface area contributed by atoms with Gasteiger partial charge in [-0.1, -0.05) is 24.4 Å². The number of piperidine rings is 2. The number of rotatable bonds is 15. The Morgan fingerprint density at radius 1 is 0.929 bits per heavy atom. The van der Waals surface area contributed by atoms with Crippen molar-refractivity contribution in [3.05, 3.63) is 22.2 Å². The standard InChI is InChI=1S/C31H48ClN5O5/c32-26-20-25(30-24(29(26)33)13-19-42-30)31(41)35-22-11-17-36(18-12-22)14-5-1-3-9-27(38)34-23-8-7-16-37(21-23)15-6-2-4-10-28(39)40/h20,22-23H,1-19,21,33H2,(H,34,38)(H,35,41)(H,39,40). The molecule has 2 fully saturated rings. The number of unbranched alkanes of at least 4 members (excludes halogenated alkanes) is 4. The Morgan fingerprint density at radius 2 is 1.64 bits per heavy atom. The maximum absolute atomic E-state index is 13.0. The number of carbonyl (C=O) groups excluding carboxylic acids is 2. The highest BCUT2D eigenvalue weighted by Crippen LogP contribution is 2.38. The summed E-state index contributed by atoms with van der Waals surface area (Å²) in [5.41, 5.74) is 7.87. The van der Waals surface area contributed by atoms with Gasteiger partial charge in [0.05, 0.1) is 22.9 Å². The van der Waals surface area contributed by atoms with E-state index < -0.39 is 5.97 Å². The summed E-state index contributed by atoms with van der Waals surface area (Å²) in [6, 6.07) is 1.96. The van der Waals surface area contributed by atoms with Crippen molar-refractivity contribution >= 4 is 35.1 Å². The van der Waals surface area contributed by atoms with Gasteiger partial charge in [-0.05, 0) is 77.1 Å². The van der Waals surface area contributed by atoms with E-state index in [4.69, 9.17) is 27.2 Å². The van der Waals surface area contributed by atoms with E-state index in [9.17, 15) is 14.4 Å². The average Bonchev–Trinajstić information content (AvgIpc) is 3.46. The number of hydrogen-bond donors (Lipinski definition) is 4. The first kappa shape index (κ1) is 32.4. The maximum Gasteiger partial charge on any atom is 0.303 e. The Kier molecular flexibility index (Phi) is 12.6. The summed E-state index contributed by atoms with van der Waals surface area (Å²) in [4.78, 5) is 41.0. The molecular formula is C31H48ClN5O5. The Labute approximate surface area is 254 Å². The number of nitrogens with zero attached hydrogens (tertiary/aromatic N) is 2. The molecule has 1 unspecified atom stereocenters. The summed E-state index contributed by atoms with van der Waals surface area (Å²) in [5.74, 6) is -0.152. The number of anilines is 1. The molecule has 0 saturated carbocycles. The third-order valence-electron chi connectivity index (χ3n) is 8.75. The highest BCUT2D eigenvalue weighted by Gasteiger charge is 2.28. The topological polar surface area (TPSA) is 137 Å². The minimum atomic E-state index is -0.723. The summed E-state index contributed by atoms with van der Waals surface area (Å²) in [6.45, 7) is 6.35. The number of hydrogen-bond acceptors (Lipinski definition) is 7. The molecule has 1 atom stereocenters. The van der Waals surface area contributed by atoms with Crippen LogP contribution >= 0.6 is 11.6 Å². The fourth-order valence-electron chi connectivity index (χ4n) is 6.36. The molecule has 10 nitrogen and oxygen atoms in total. The molecule has 42 heavy (non-hydrogen) atoms. The summed E-state index contributed by atoms with van der Waals surface area (Å²) in [7, 11) is 0. The molecule has 3 aliphatic heterocycles. The van der Waals surface area contributed by atoms with Gasteiger partial charge in [-0.15, -0.1) is 0 Å². The first-order chi connectivity index (χ1) is 20.3. The predicted octanol–water partition coefficient (Wildman–Crippen LogP) is 3.84. The Hall–Kier alpha value is -2.56. The molecular weight excluding hydrogens is 558 g/mol. The number of nitrogen functional groups attached to an aromatic ring is 1. The van der Waals surface area contributed by atoms with Gasteiger partial charge in [-0.3, -0.25) is 14.4 Å². The molecule has 1 aromatic rings. The van der Waals surface area contributed by atoms with Gasteiger partial charge in [-0.25, -0.2) is 0 Å². The van der Waals surface area contributed by atoms with Crippen LogP contribution in [-0.4, -0.2) is 90.6 Å². The largest absolute Gasteiger partial charge is 0.492 e. The van der Waals surface area contributed by atoms with Crippen LogP contribution in [0.1, 0.15) is 93.0 Å². The number of carbonyl (C=O) groups is 3. The van der Waals surface area contributed by atoms with Gasteiger partial charge >= 0.3 is 5.97 Å². The second-order valence-corrected chi connectivity index (χ2v) is 12.4. The van der Waals surface area contributed by atoms with Crippen LogP contribution in [0.25, 0.3) is 0 Å². The Bertz CT molecular complexity index is 1080. The van der Waals surface area contributed by atoms with E-state index >= 15 is 0 Å². The second kappa shape index (κ2) is 16.3. The maximum atomic E-state index is 13.0. The highest BCUT2D eigenvalue weighted by molar-refractivity contribution is 6.33. The fourth-order valence-corrected chi connectivity index (χ4v) is 6.59. The van der Waals surface area contributed by atoms with Crippen LogP contribution < -0.4 is 21.1 Å². The molecule has 11 heteroatoms. The lowest BCUT2D eigenvalue weighted by molar-refractivity contribution is -0.137. The van der Waals surface area contributed by atoms with E-state index in [0.29, 0.717) is 41.5 Å². The van der Waals surface area contributed by atoms with Crippen molar-refractivity contribution in [2.75, 3.05) is 51.6 Å². The fraction of sp³-hybridized carbons (Fsp3) is 0.710. The number of benzene rings is 1. The van der Waals surface area contributed by atoms with Gasteiger partial charge in [0, 0.05) is 56.5 Å². The number of likely N-dealkylation sites (tertiary alicyclic amines) is 2. The minimum Gasteiger partial charge on any atom is -0.492 e. The minimum absolute atomic E-state index is 0.124. The zero-order chi connectivity index (χ0) is 29.9. The molecule has 4 rings (SSSR count). The summed E-state index contributed by atoms with van der Waals surface area (Å²) in [5, 5.41) is 15.5. The lowest BCUT2D eigenvalue weighted by Gasteiger charge is -2.33. The lowest BCUT2D eigenvalue weighted by Crippen LogP contribution is -2.47. The van der Waals surface area contributed by atoms with Crippen LogP contribution in [0.15, 0.2) is 6.07 Å². The highest BCUT2D eigenvalue weighted by atomic mass is 35.5. The monoisotopic (exact) mass is 605 g/mol. The third kappa shape index (κ3) is 9.74.